The Kier molecular flexibility index (Phi) is 5.93. The van der Waals surface area contributed by atoms with Gasteiger partial charge in [0, 0.05) is 24.5 Å². The third-order valence-corrected chi connectivity index (χ3v) is 3.89. The highest BCUT2D eigenvalue weighted by Gasteiger charge is 2.52. The maximum Gasteiger partial charge on any atom is 0.412 e. The highest BCUT2D eigenvalue weighted by Crippen LogP contribution is 2.36. The lowest BCUT2D eigenvalue weighted by Crippen LogP contribution is -2.52. The lowest BCUT2D eigenvalue weighted by atomic mass is 9.91. The number of hydrogen-bond acceptors (Lipinski definition) is 5. The summed E-state index contributed by atoms with van der Waals surface area (Å²) in [6, 6.07) is -0.851. The molecule has 1 fully saturated rings. The lowest BCUT2D eigenvalue weighted by molar-refractivity contribution is -0.136. The molecule has 0 spiro atoms. The van der Waals surface area contributed by atoms with Gasteiger partial charge in [0.2, 0.25) is 5.91 Å². The molecular weight excluding hydrogens is 324 g/mol. The van der Waals surface area contributed by atoms with Crippen molar-refractivity contribution < 1.29 is 23.9 Å². The molecule has 7 heteroatoms. The van der Waals surface area contributed by atoms with Gasteiger partial charge in [-0.05, 0) is 20.8 Å². The molecular formula is C18H30N2O5. The maximum absolute atomic E-state index is 12.8. The van der Waals surface area contributed by atoms with Crippen LogP contribution in [0.3, 0.4) is 0 Å². The third kappa shape index (κ3) is 4.74. The summed E-state index contributed by atoms with van der Waals surface area (Å²) < 4.78 is 10.2. The SMILES string of the molecule is C=C(CC1C(=O)N(C)C(C(C)(C)C)N1C(=O)OC(C)(C)C)C(=O)OC. The van der Waals surface area contributed by atoms with E-state index >= 15 is 0 Å². The Morgan fingerprint density at radius 2 is 1.68 bits per heavy atom. The van der Waals surface area contributed by atoms with Gasteiger partial charge in [0.05, 0.1) is 7.11 Å². The molecule has 0 aromatic rings. The molecule has 0 aromatic heterocycles. The summed E-state index contributed by atoms with van der Waals surface area (Å²) in [4.78, 5) is 40.2. The topological polar surface area (TPSA) is 76.2 Å². The standard InChI is InChI=1S/C18H30N2O5/c1-11(14(22)24-9)10-12-13(21)19(8)15(17(2,3)4)20(12)16(23)25-18(5,6)7/h12,15H,1,10H2,2-9H3. The number of ether oxygens (including phenoxy) is 2. The molecule has 1 rings (SSSR count). The molecule has 0 radical (unpaired) electrons. The number of carbonyl (C=O) groups excluding carboxylic acids is 3. The van der Waals surface area contributed by atoms with E-state index in [1.54, 1.807) is 27.8 Å². The second kappa shape index (κ2) is 7.06. The van der Waals surface area contributed by atoms with Crippen LogP contribution in [-0.4, -0.2) is 59.7 Å². The van der Waals surface area contributed by atoms with Gasteiger partial charge in [-0.2, -0.15) is 0 Å². The molecule has 2 amide bonds. The van der Waals surface area contributed by atoms with Crippen LogP contribution in [0, 0.1) is 5.41 Å². The fraction of sp³-hybridized carbons (Fsp3) is 0.722. The minimum Gasteiger partial charge on any atom is -0.466 e. The first kappa shape index (κ1) is 21.0. The fourth-order valence-electron chi connectivity index (χ4n) is 3.02. The smallest absolute Gasteiger partial charge is 0.412 e. The fourth-order valence-corrected chi connectivity index (χ4v) is 3.02. The lowest BCUT2D eigenvalue weighted by Gasteiger charge is -2.39. The van der Waals surface area contributed by atoms with E-state index in [4.69, 9.17) is 4.74 Å². The number of likely N-dealkylation sites (N-methyl/N-ethyl adjacent to an activating group) is 1. The predicted molar refractivity (Wildman–Crippen MR) is 93.6 cm³/mol. The molecule has 1 aliphatic rings. The predicted octanol–water partition coefficient (Wildman–Crippen LogP) is 2.56. The molecule has 1 aliphatic heterocycles. The number of methoxy groups -OCH3 is 1. The van der Waals surface area contributed by atoms with Crippen LogP contribution in [0.1, 0.15) is 48.0 Å². The highest BCUT2D eigenvalue weighted by atomic mass is 16.6. The first-order valence-electron chi connectivity index (χ1n) is 8.24. The summed E-state index contributed by atoms with van der Waals surface area (Å²) in [5.74, 6) is -0.852. The van der Waals surface area contributed by atoms with Gasteiger partial charge in [0.25, 0.3) is 0 Å². The van der Waals surface area contributed by atoms with Gasteiger partial charge >= 0.3 is 12.1 Å². The molecule has 7 nitrogen and oxygen atoms in total. The van der Waals surface area contributed by atoms with Gasteiger partial charge in [-0.3, -0.25) is 9.69 Å². The first-order valence-corrected chi connectivity index (χ1v) is 8.24. The maximum atomic E-state index is 12.8. The van der Waals surface area contributed by atoms with E-state index in [0.29, 0.717) is 0 Å². The van der Waals surface area contributed by atoms with Crippen molar-refractivity contribution in [2.75, 3.05) is 14.2 Å². The van der Waals surface area contributed by atoms with Crippen molar-refractivity contribution in [3.63, 3.8) is 0 Å². The van der Waals surface area contributed by atoms with E-state index in [1.807, 2.05) is 20.8 Å². The van der Waals surface area contributed by atoms with E-state index in [2.05, 4.69) is 11.3 Å². The third-order valence-electron chi connectivity index (χ3n) is 3.89. The van der Waals surface area contributed by atoms with Crippen LogP contribution in [-0.2, 0) is 19.1 Å². The van der Waals surface area contributed by atoms with Crippen molar-refractivity contribution in [3.8, 4) is 0 Å². The van der Waals surface area contributed by atoms with Crippen LogP contribution >= 0.6 is 0 Å². The van der Waals surface area contributed by atoms with Crippen LogP contribution in [0.15, 0.2) is 12.2 Å². The second-order valence-electron chi connectivity index (χ2n) is 8.39. The normalized spacial score (nSPS) is 21.4. The van der Waals surface area contributed by atoms with Crippen LogP contribution in [0.25, 0.3) is 0 Å². The van der Waals surface area contributed by atoms with Crippen molar-refractivity contribution in [1.29, 1.82) is 0 Å². The van der Waals surface area contributed by atoms with Gasteiger partial charge in [-0.25, -0.2) is 9.59 Å². The summed E-state index contributed by atoms with van der Waals surface area (Å²) >= 11 is 0. The Balaban J connectivity index is 3.26. The highest BCUT2D eigenvalue weighted by molar-refractivity contribution is 5.93. The largest absolute Gasteiger partial charge is 0.466 e. The summed E-state index contributed by atoms with van der Waals surface area (Å²) in [7, 11) is 2.90. The van der Waals surface area contributed by atoms with E-state index in [1.165, 1.54) is 16.9 Å². The summed E-state index contributed by atoms with van der Waals surface area (Å²) in [5.41, 5.74) is -0.964. The van der Waals surface area contributed by atoms with Crippen LogP contribution in [0.2, 0.25) is 0 Å². The number of carbonyl (C=O) groups is 3. The number of nitrogens with zero attached hydrogens (tertiary/aromatic N) is 2. The van der Waals surface area contributed by atoms with Gasteiger partial charge in [0.15, 0.2) is 0 Å². The zero-order valence-electron chi connectivity index (χ0n) is 16.5. The minimum absolute atomic E-state index is 0.00166. The molecule has 1 saturated heterocycles. The van der Waals surface area contributed by atoms with Crippen molar-refractivity contribution in [1.82, 2.24) is 9.80 Å². The van der Waals surface area contributed by atoms with Crippen molar-refractivity contribution in [2.24, 2.45) is 5.41 Å². The van der Waals surface area contributed by atoms with E-state index in [9.17, 15) is 14.4 Å². The Bertz CT molecular complexity index is 571. The van der Waals surface area contributed by atoms with Crippen LogP contribution in [0.5, 0.6) is 0 Å². The molecule has 0 saturated carbocycles. The van der Waals surface area contributed by atoms with E-state index < -0.39 is 35.3 Å². The van der Waals surface area contributed by atoms with Crippen molar-refractivity contribution in [2.45, 2.75) is 65.8 Å². The van der Waals surface area contributed by atoms with Crippen LogP contribution in [0.4, 0.5) is 4.79 Å². The zero-order valence-corrected chi connectivity index (χ0v) is 16.5. The molecule has 0 bridgehead atoms. The Hall–Kier alpha value is -2.05. The van der Waals surface area contributed by atoms with Gasteiger partial charge < -0.3 is 14.4 Å². The number of hydrogen-bond donors (Lipinski definition) is 0. The molecule has 142 valence electrons. The molecule has 0 aromatic carbocycles. The Morgan fingerprint density at radius 1 is 1.16 bits per heavy atom. The van der Waals surface area contributed by atoms with Gasteiger partial charge in [0.1, 0.15) is 17.8 Å². The number of esters is 1. The quantitative estimate of drug-likeness (QED) is 0.575. The molecule has 0 N–H and O–H groups in total. The zero-order chi connectivity index (χ0) is 19.7. The second-order valence-corrected chi connectivity index (χ2v) is 8.39. The molecule has 25 heavy (non-hydrogen) atoms. The number of amides is 2. The summed E-state index contributed by atoms with van der Waals surface area (Å²) in [6.45, 7) is 14.8. The van der Waals surface area contributed by atoms with Crippen LogP contribution < -0.4 is 0 Å². The summed E-state index contributed by atoms with van der Waals surface area (Å²) in [5, 5.41) is 0. The van der Waals surface area contributed by atoms with Crippen molar-refractivity contribution >= 4 is 18.0 Å². The number of rotatable bonds is 3. The molecule has 2 atom stereocenters. The van der Waals surface area contributed by atoms with E-state index in [0.717, 1.165) is 0 Å². The van der Waals surface area contributed by atoms with E-state index in [-0.39, 0.29) is 17.9 Å². The first-order chi connectivity index (χ1) is 11.2. The average Bonchev–Trinajstić information content (AvgIpc) is 2.69. The summed E-state index contributed by atoms with van der Waals surface area (Å²) in [6.07, 6.45) is -1.08. The van der Waals surface area contributed by atoms with Crippen molar-refractivity contribution in [3.05, 3.63) is 12.2 Å². The Labute approximate surface area is 149 Å². The Morgan fingerprint density at radius 3 is 2.08 bits per heavy atom. The minimum atomic E-state index is -0.851. The molecule has 2 unspecified atom stereocenters. The monoisotopic (exact) mass is 354 g/mol. The van der Waals surface area contributed by atoms with Gasteiger partial charge in [-0.15, -0.1) is 0 Å². The average molecular weight is 354 g/mol. The molecule has 0 aliphatic carbocycles. The molecule has 1 heterocycles. The van der Waals surface area contributed by atoms with Gasteiger partial charge in [-0.1, -0.05) is 27.4 Å².